The zero-order valence-electron chi connectivity index (χ0n) is 18.8. The van der Waals surface area contributed by atoms with Gasteiger partial charge in [0, 0.05) is 11.7 Å². The normalized spacial score (nSPS) is 10.7. The van der Waals surface area contributed by atoms with E-state index in [1.807, 2.05) is 32.0 Å². The highest BCUT2D eigenvalue weighted by Crippen LogP contribution is 2.27. The molecule has 0 saturated heterocycles. The largest absolute Gasteiger partial charge is 0.493 e. The number of anilines is 1. The minimum absolute atomic E-state index is 0.156. The number of ether oxygens (including phenoxy) is 2. The van der Waals surface area contributed by atoms with E-state index >= 15 is 0 Å². The molecule has 2 aromatic carbocycles. The number of benzene rings is 2. The van der Waals surface area contributed by atoms with E-state index in [4.69, 9.17) is 9.47 Å². The lowest BCUT2D eigenvalue weighted by Gasteiger charge is -2.12. The number of carbonyl (C=O) groups excluding carboxylic acids is 3. The number of hydrogen-bond acceptors (Lipinski definition) is 6. The molecule has 0 aromatic heterocycles. The third-order valence-corrected chi connectivity index (χ3v) is 4.06. The van der Waals surface area contributed by atoms with E-state index in [-0.39, 0.29) is 18.6 Å². The first-order valence-corrected chi connectivity index (χ1v) is 10.0. The first-order chi connectivity index (χ1) is 15.2. The van der Waals surface area contributed by atoms with Crippen molar-refractivity contribution in [2.45, 2.75) is 33.7 Å². The Balaban J connectivity index is 1.94. The molecule has 3 amide bonds. The molecule has 0 unspecified atom stereocenters. The van der Waals surface area contributed by atoms with Gasteiger partial charge < -0.3 is 20.1 Å². The third kappa shape index (κ3) is 7.75. The number of carbonyl (C=O) groups is 3. The van der Waals surface area contributed by atoms with Gasteiger partial charge >= 0.3 is 11.8 Å². The van der Waals surface area contributed by atoms with E-state index in [2.05, 4.69) is 21.2 Å². The Kier molecular flexibility index (Phi) is 8.76. The minimum Gasteiger partial charge on any atom is -0.493 e. The monoisotopic (exact) mass is 440 g/mol. The highest BCUT2D eigenvalue weighted by molar-refractivity contribution is 6.35. The number of nitrogens with zero attached hydrogens (tertiary/aromatic N) is 1. The summed E-state index contributed by atoms with van der Waals surface area (Å²) in [6, 6.07) is 10.5. The average Bonchev–Trinajstić information content (AvgIpc) is 2.71. The molecule has 2 rings (SSSR count). The molecule has 0 atom stereocenters. The molecule has 0 saturated carbocycles. The van der Waals surface area contributed by atoms with Gasteiger partial charge in [0.05, 0.1) is 13.3 Å². The van der Waals surface area contributed by atoms with Crippen LogP contribution in [0.5, 0.6) is 11.5 Å². The Hall–Kier alpha value is -3.88. The molecule has 0 aliphatic rings. The molecular weight excluding hydrogens is 412 g/mol. The molecular formula is C23H28N4O5. The van der Waals surface area contributed by atoms with Crippen molar-refractivity contribution in [3.63, 3.8) is 0 Å². The molecule has 0 aliphatic heterocycles. The summed E-state index contributed by atoms with van der Waals surface area (Å²) in [6.07, 6.45) is 1.36. The molecule has 0 bridgehead atoms. The predicted octanol–water partition coefficient (Wildman–Crippen LogP) is 2.30. The Labute approximate surface area is 187 Å². The number of methoxy groups -OCH3 is 1. The molecule has 9 nitrogen and oxygen atoms in total. The highest BCUT2D eigenvalue weighted by atomic mass is 16.5. The number of amides is 3. The lowest BCUT2D eigenvalue weighted by atomic mass is 10.1. The SMILES string of the molecule is COc1cc(/C=N\NC(=O)C(=O)NC(C)C)ccc1OCC(=O)Nc1cc(C)cc(C)c1. The molecule has 3 N–H and O–H groups in total. The van der Waals surface area contributed by atoms with Crippen molar-refractivity contribution >= 4 is 29.6 Å². The highest BCUT2D eigenvalue weighted by Gasteiger charge is 2.13. The van der Waals surface area contributed by atoms with Crippen LogP contribution < -0.4 is 25.5 Å². The van der Waals surface area contributed by atoms with Crippen LogP contribution in [0.25, 0.3) is 0 Å². The van der Waals surface area contributed by atoms with E-state index < -0.39 is 11.8 Å². The fourth-order valence-corrected chi connectivity index (χ4v) is 2.81. The molecule has 170 valence electrons. The van der Waals surface area contributed by atoms with E-state index in [1.165, 1.54) is 13.3 Å². The second-order valence-corrected chi connectivity index (χ2v) is 7.45. The molecule has 0 spiro atoms. The summed E-state index contributed by atoms with van der Waals surface area (Å²) < 4.78 is 10.9. The summed E-state index contributed by atoms with van der Waals surface area (Å²) in [5.74, 6) is -1.17. The maximum absolute atomic E-state index is 12.2. The quantitative estimate of drug-likeness (QED) is 0.331. The van der Waals surface area contributed by atoms with Crippen molar-refractivity contribution in [2.24, 2.45) is 5.10 Å². The van der Waals surface area contributed by atoms with E-state index in [0.717, 1.165) is 11.1 Å². The Morgan fingerprint density at radius 1 is 1.00 bits per heavy atom. The number of rotatable bonds is 8. The predicted molar refractivity (Wildman–Crippen MR) is 122 cm³/mol. The van der Waals surface area contributed by atoms with Crippen molar-refractivity contribution in [3.8, 4) is 11.5 Å². The van der Waals surface area contributed by atoms with Gasteiger partial charge in [0.25, 0.3) is 5.91 Å². The first-order valence-electron chi connectivity index (χ1n) is 10.0. The van der Waals surface area contributed by atoms with E-state index in [9.17, 15) is 14.4 Å². The smallest absolute Gasteiger partial charge is 0.329 e. The van der Waals surface area contributed by atoms with Gasteiger partial charge in [-0.25, -0.2) is 5.43 Å². The lowest BCUT2D eigenvalue weighted by Crippen LogP contribution is -2.41. The Morgan fingerprint density at radius 3 is 2.31 bits per heavy atom. The van der Waals surface area contributed by atoms with Gasteiger partial charge in [0.1, 0.15) is 0 Å². The van der Waals surface area contributed by atoms with Gasteiger partial charge in [-0.1, -0.05) is 6.07 Å². The maximum atomic E-state index is 12.2. The molecule has 9 heteroatoms. The standard InChI is InChI=1S/C23H28N4O5/c1-14(2)25-22(29)23(30)27-24-12-17-6-7-19(20(11-17)31-5)32-13-21(28)26-18-9-15(3)8-16(4)10-18/h6-12,14H,13H2,1-5H3,(H,25,29)(H,26,28)(H,27,30)/b24-12-. The maximum Gasteiger partial charge on any atom is 0.329 e. The van der Waals surface area contributed by atoms with Crippen molar-refractivity contribution < 1.29 is 23.9 Å². The number of nitrogens with one attached hydrogen (secondary N) is 3. The van der Waals surface area contributed by atoms with Crippen molar-refractivity contribution in [3.05, 3.63) is 53.1 Å². The first kappa shape index (κ1) is 24.4. The van der Waals surface area contributed by atoms with Gasteiger partial charge in [-0.3, -0.25) is 14.4 Å². The van der Waals surface area contributed by atoms with Crippen LogP contribution >= 0.6 is 0 Å². The van der Waals surface area contributed by atoms with Crippen LogP contribution in [0.4, 0.5) is 5.69 Å². The van der Waals surface area contributed by atoms with E-state index in [0.29, 0.717) is 22.7 Å². The minimum atomic E-state index is -0.864. The number of hydrogen-bond donors (Lipinski definition) is 3. The summed E-state index contributed by atoms with van der Waals surface area (Å²) in [4.78, 5) is 35.4. The van der Waals surface area contributed by atoms with Crippen LogP contribution in [0.15, 0.2) is 41.5 Å². The molecule has 0 aliphatic carbocycles. The Bertz CT molecular complexity index is 997. The Morgan fingerprint density at radius 2 is 1.69 bits per heavy atom. The van der Waals surface area contributed by atoms with Crippen molar-refractivity contribution in [1.29, 1.82) is 0 Å². The third-order valence-electron chi connectivity index (χ3n) is 4.06. The summed E-state index contributed by atoms with van der Waals surface area (Å²) in [6.45, 7) is 7.22. The van der Waals surface area contributed by atoms with Gasteiger partial charge in [0.2, 0.25) is 0 Å². The van der Waals surface area contributed by atoms with Gasteiger partial charge in [-0.15, -0.1) is 0 Å². The zero-order chi connectivity index (χ0) is 23.7. The molecule has 0 heterocycles. The summed E-state index contributed by atoms with van der Waals surface area (Å²) in [5, 5.41) is 9.03. The van der Waals surface area contributed by atoms with E-state index in [1.54, 1.807) is 32.0 Å². The van der Waals surface area contributed by atoms with Crippen LogP contribution in [-0.4, -0.2) is 43.7 Å². The molecule has 2 aromatic rings. The number of aryl methyl sites for hydroxylation is 2. The molecule has 32 heavy (non-hydrogen) atoms. The zero-order valence-corrected chi connectivity index (χ0v) is 18.8. The van der Waals surface area contributed by atoms with Crippen LogP contribution in [-0.2, 0) is 14.4 Å². The molecule has 0 radical (unpaired) electrons. The number of hydrazone groups is 1. The van der Waals surface area contributed by atoms with Crippen LogP contribution in [0.2, 0.25) is 0 Å². The van der Waals surface area contributed by atoms with Crippen LogP contribution in [0.3, 0.4) is 0 Å². The van der Waals surface area contributed by atoms with Gasteiger partial charge in [0.15, 0.2) is 18.1 Å². The van der Waals surface area contributed by atoms with Crippen molar-refractivity contribution in [2.75, 3.05) is 19.0 Å². The second kappa shape index (κ2) is 11.5. The van der Waals surface area contributed by atoms with Crippen LogP contribution in [0, 0.1) is 13.8 Å². The van der Waals surface area contributed by atoms with Gasteiger partial charge in [-0.05, 0) is 74.7 Å². The fourth-order valence-electron chi connectivity index (χ4n) is 2.81. The fraction of sp³-hybridized carbons (Fsp3) is 0.304. The summed E-state index contributed by atoms with van der Waals surface area (Å²) in [5.41, 5.74) is 5.56. The summed E-state index contributed by atoms with van der Waals surface area (Å²) in [7, 11) is 1.47. The summed E-state index contributed by atoms with van der Waals surface area (Å²) >= 11 is 0. The molecule has 0 fully saturated rings. The van der Waals surface area contributed by atoms with Gasteiger partial charge in [-0.2, -0.15) is 5.10 Å². The average molecular weight is 441 g/mol. The lowest BCUT2D eigenvalue weighted by molar-refractivity contribution is -0.139. The van der Waals surface area contributed by atoms with Crippen molar-refractivity contribution in [1.82, 2.24) is 10.7 Å². The topological polar surface area (TPSA) is 118 Å². The second-order valence-electron chi connectivity index (χ2n) is 7.45. The van der Waals surface area contributed by atoms with Crippen LogP contribution in [0.1, 0.15) is 30.5 Å².